The Hall–Kier alpha value is -4.13. The Morgan fingerprint density at radius 3 is 2.20 bits per heavy atom. The number of nitrogens with one attached hydrogen (secondary N) is 2. The minimum absolute atomic E-state index is 0.212. The molecule has 3 aromatic carbocycles. The zero-order valence-electron chi connectivity index (χ0n) is 16.3. The normalized spacial score (nSPS) is 10.0. The van der Waals surface area contributed by atoms with Crippen molar-refractivity contribution in [1.82, 2.24) is 5.32 Å². The molecule has 0 saturated heterocycles. The van der Waals surface area contributed by atoms with Crippen LogP contribution in [0.3, 0.4) is 0 Å². The molecule has 3 aromatic rings. The van der Waals surface area contributed by atoms with E-state index in [1.54, 1.807) is 60.7 Å². The lowest BCUT2D eigenvalue weighted by atomic mass is 10.2. The molecule has 0 aliphatic carbocycles. The Morgan fingerprint density at radius 1 is 0.833 bits per heavy atom. The number of benzene rings is 3. The van der Waals surface area contributed by atoms with Gasteiger partial charge in [0.15, 0.2) is 6.61 Å². The van der Waals surface area contributed by atoms with Crippen LogP contribution in [0.4, 0.5) is 5.69 Å². The van der Waals surface area contributed by atoms with Crippen molar-refractivity contribution in [2.45, 2.75) is 0 Å². The van der Waals surface area contributed by atoms with Gasteiger partial charge in [-0.2, -0.15) is 0 Å². The number of hydrogen-bond acceptors (Lipinski definition) is 5. The van der Waals surface area contributed by atoms with Crippen LogP contribution in [-0.4, -0.2) is 31.4 Å². The van der Waals surface area contributed by atoms with Gasteiger partial charge >= 0.3 is 5.97 Å². The van der Waals surface area contributed by atoms with E-state index >= 15 is 0 Å². The summed E-state index contributed by atoms with van der Waals surface area (Å²) in [5.74, 6) is -0.489. The van der Waals surface area contributed by atoms with Gasteiger partial charge in [0.1, 0.15) is 17.1 Å². The molecule has 0 fully saturated rings. The number of carbonyl (C=O) groups is 3. The minimum Gasteiger partial charge on any atom is -0.456 e. The highest BCUT2D eigenvalue weighted by atomic mass is 16.5. The molecule has 30 heavy (non-hydrogen) atoms. The maximum atomic E-state index is 12.4. The maximum Gasteiger partial charge on any atom is 0.342 e. The van der Waals surface area contributed by atoms with Crippen LogP contribution < -0.4 is 15.4 Å². The van der Waals surface area contributed by atoms with Crippen molar-refractivity contribution in [1.29, 1.82) is 0 Å². The summed E-state index contributed by atoms with van der Waals surface area (Å²) in [7, 11) is 1.54. The van der Waals surface area contributed by atoms with Crippen LogP contribution in [0.5, 0.6) is 11.5 Å². The van der Waals surface area contributed by atoms with E-state index in [2.05, 4.69) is 10.6 Å². The van der Waals surface area contributed by atoms with Crippen molar-refractivity contribution in [3.63, 3.8) is 0 Å². The van der Waals surface area contributed by atoms with Gasteiger partial charge in [-0.15, -0.1) is 0 Å². The molecule has 0 aliphatic heterocycles. The second-order valence-corrected chi connectivity index (χ2v) is 6.19. The number of anilines is 1. The van der Waals surface area contributed by atoms with E-state index in [4.69, 9.17) is 9.47 Å². The van der Waals surface area contributed by atoms with E-state index in [9.17, 15) is 14.4 Å². The van der Waals surface area contributed by atoms with Gasteiger partial charge in [-0.05, 0) is 48.5 Å². The lowest BCUT2D eigenvalue weighted by molar-refractivity contribution is -0.119. The van der Waals surface area contributed by atoms with Crippen molar-refractivity contribution in [3.05, 3.63) is 90.0 Å². The summed E-state index contributed by atoms with van der Waals surface area (Å²) in [5.41, 5.74) is 1.16. The largest absolute Gasteiger partial charge is 0.456 e. The molecule has 0 saturated carbocycles. The summed E-state index contributed by atoms with van der Waals surface area (Å²) in [5, 5.41) is 5.12. The van der Waals surface area contributed by atoms with Crippen molar-refractivity contribution in [2.75, 3.05) is 19.0 Å². The Bertz CT molecular complexity index is 1030. The van der Waals surface area contributed by atoms with Gasteiger partial charge < -0.3 is 20.1 Å². The number of amides is 2. The fourth-order valence-corrected chi connectivity index (χ4v) is 2.59. The molecule has 152 valence electrons. The minimum atomic E-state index is -0.674. The van der Waals surface area contributed by atoms with Crippen molar-refractivity contribution >= 4 is 23.5 Å². The van der Waals surface area contributed by atoms with Crippen LogP contribution in [0.2, 0.25) is 0 Å². The monoisotopic (exact) mass is 404 g/mol. The molecular formula is C23H20N2O5. The second kappa shape index (κ2) is 9.88. The number of esters is 1. The number of carbonyl (C=O) groups excluding carboxylic acids is 3. The molecule has 0 unspecified atom stereocenters. The summed E-state index contributed by atoms with van der Waals surface area (Å²) in [6, 6.07) is 22.0. The first-order valence-electron chi connectivity index (χ1n) is 9.18. The highest BCUT2D eigenvalue weighted by molar-refractivity contribution is 5.98. The van der Waals surface area contributed by atoms with E-state index in [-0.39, 0.29) is 11.5 Å². The smallest absolute Gasteiger partial charge is 0.342 e. The van der Waals surface area contributed by atoms with Crippen LogP contribution in [0.25, 0.3) is 0 Å². The standard InChI is InChI=1S/C23H20N2O5/c1-24-22(27)16-11-13-17(14-12-16)25-21(26)15-29-23(28)19-9-5-6-10-20(19)30-18-7-3-2-4-8-18/h2-14H,15H2,1H3,(H,24,27)(H,25,26). The fourth-order valence-electron chi connectivity index (χ4n) is 2.59. The third-order valence-electron chi connectivity index (χ3n) is 4.07. The predicted molar refractivity (Wildman–Crippen MR) is 112 cm³/mol. The van der Waals surface area contributed by atoms with Gasteiger partial charge in [0.05, 0.1) is 0 Å². The Kier molecular flexibility index (Phi) is 6.78. The predicted octanol–water partition coefficient (Wildman–Crippen LogP) is 3.63. The molecule has 7 nitrogen and oxygen atoms in total. The summed E-state index contributed by atoms with van der Waals surface area (Å²) in [6.07, 6.45) is 0. The maximum absolute atomic E-state index is 12.4. The van der Waals surface area contributed by atoms with Crippen LogP contribution in [0.1, 0.15) is 20.7 Å². The van der Waals surface area contributed by atoms with Gasteiger partial charge in [-0.3, -0.25) is 9.59 Å². The molecule has 0 radical (unpaired) electrons. The molecule has 0 aromatic heterocycles. The van der Waals surface area contributed by atoms with Gasteiger partial charge in [0.25, 0.3) is 11.8 Å². The van der Waals surface area contributed by atoms with Gasteiger partial charge in [-0.25, -0.2) is 4.79 Å². The van der Waals surface area contributed by atoms with Gasteiger partial charge in [0.2, 0.25) is 0 Å². The van der Waals surface area contributed by atoms with Crippen molar-refractivity contribution in [3.8, 4) is 11.5 Å². The van der Waals surface area contributed by atoms with Crippen LogP contribution >= 0.6 is 0 Å². The molecule has 2 N–H and O–H groups in total. The second-order valence-electron chi connectivity index (χ2n) is 6.19. The van der Waals surface area contributed by atoms with Crippen LogP contribution in [0, 0.1) is 0 Å². The van der Waals surface area contributed by atoms with E-state index in [1.165, 1.54) is 7.05 Å². The SMILES string of the molecule is CNC(=O)c1ccc(NC(=O)COC(=O)c2ccccc2Oc2ccccc2)cc1. The highest BCUT2D eigenvalue weighted by Gasteiger charge is 2.16. The quantitative estimate of drug-likeness (QED) is 0.587. The molecule has 2 amide bonds. The molecular weight excluding hydrogens is 384 g/mol. The molecule has 0 atom stereocenters. The summed E-state index contributed by atoms with van der Waals surface area (Å²) in [6.45, 7) is -0.463. The highest BCUT2D eigenvalue weighted by Crippen LogP contribution is 2.25. The molecule has 0 heterocycles. The van der Waals surface area contributed by atoms with Crippen molar-refractivity contribution < 1.29 is 23.9 Å². The Labute approximate surface area is 173 Å². The average Bonchev–Trinajstić information content (AvgIpc) is 2.78. The van der Waals surface area contributed by atoms with E-state index < -0.39 is 18.5 Å². The third kappa shape index (κ3) is 5.45. The van der Waals surface area contributed by atoms with Crippen molar-refractivity contribution in [2.24, 2.45) is 0 Å². The summed E-state index contributed by atoms with van der Waals surface area (Å²) >= 11 is 0. The van der Waals surface area contributed by atoms with E-state index in [0.29, 0.717) is 22.7 Å². The lowest BCUT2D eigenvalue weighted by Gasteiger charge is -2.11. The Balaban J connectivity index is 1.58. The topological polar surface area (TPSA) is 93.7 Å². The zero-order valence-corrected chi connectivity index (χ0v) is 16.3. The van der Waals surface area contributed by atoms with Gasteiger partial charge in [-0.1, -0.05) is 30.3 Å². The molecule has 0 aliphatic rings. The first-order chi connectivity index (χ1) is 14.6. The molecule has 0 spiro atoms. The van der Waals surface area contributed by atoms with E-state index in [1.807, 2.05) is 18.2 Å². The third-order valence-corrected chi connectivity index (χ3v) is 4.07. The fraction of sp³-hybridized carbons (Fsp3) is 0.0870. The van der Waals surface area contributed by atoms with E-state index in [0.717, 1.165) is 0 Å². The Morgan fingerprint density at radius 2 is 1.50 bits per heavy atom. The molecule has 0 bridgehead atoms. The van der Waals surface area contributed by atoms with Gasteiger partial charge in [0, 0.05) is 18.3 Å². The summed E-state index contributed by atoms with van der Waals surface area (Å²) in [4.78, 5) is 36.1. The lowest BCUT2D eigenvalue weighted by Crippen LogP contribution is -2.21. The zero-order chi connectivity index (χ0) is 21.3. The number of ether oxygens (including phenoxy) is 2. The van der Waals surface area contributed by atoms with Crippen LogP contribution in [0.15, 0.2) is 78.9 Å². The number of hydrogen-bond donors (Lipinski definition) is 2. The first kappa shape index (κ1) is 20.6. The molecule has 7 heteroatoms. The van der Waals surface area contributed by atoms with Crippen LogP contribution in [-0.2, 0) is 9.53 Å². The molecule has 3 rings (SSSR count). The summed E-state index contributed by atoms with van der Waals surface area (Å²) < 4.78 is 10.9. The first-order valence-corrected chi connectivity index (χ1v) is 9.18. The number of para-hydroxylation sites is 2. The average molecular weight is 404 g/mol. The number of rotatable bonds is 7.